The van der Waals surface area contributed by atoms with Gasteiger partial charge >= 0.3 is 0 Å². The normalized spacial score (nSPS) is 11.9. The quantitative estimate of drug-likeness (QED) is 0.307. The summed E-state index contributed by atoms with van der Waals surface area (Å²) >= 11 is 0. The lowest BCUT2D eigenvalue weighted by Crippen LogP contribution is -3.00. The summed E-state index contributed by atoms with van der Waals surface area (Å²) in [5, 5.41) is 0. The number of allylic oxidation sites excluding steroid dienone is 2. The van der Waals surface area contributed by atoms with Gasteiger partial charge in [0.1, 0.15) is 0 Å². The second kappa shape index (κ2) is 14.7. The molecule has 0 N–H and O–H groups in total. The predicted octanol–water partition coefficient (Wildman–Crippen LogP) is 5.03. The smallest absolute Gasteiger partial charge is 0.0635 e. The Labute approximate surface area is 168 Å². The number of unbranched alkanes of at least 4 members (excludes halogenated alkanes) is 3. The number of hydrogen-bond donors (Lipinski definition) is 0. The summed E-state index contributed by atoms with van der Waals surface area (Å²) in [7, 11) is -1.01. The third kappa shape index (κ3) is 9.20. The van der Waals surface area contributed by atoms with Gasteiger partial charge in [-0.2, -0.15) is 0 Å². The molecule has 0 unspecified atom stereocenters. The van der Waals surface area contributed by atoms with Gasteiger partial charge in [0.2, 0.25) is 0 Å². The average molecular weight is 425 g/mol. The minimum atomic E-state index is -1.01. The summed E-state index contributed by atoms with van der Waals surface area (Å²) in [5.74, 6) is 2.75. The molecule has 1 aromatic rings. The van der Waals surface area contributed by atoms with Crippen molar-refractivity contribution >= 4 is 12.8 Å². The van der Waals surface area contributed by atoms with Crippen molar-refractivity contribution in [3.05, 3.63) is 54.4 Å². The fourth-order valence-electron chi connectivity index (χ4n) is 3.33. The Morgan fingerprint density at radius 2 is 1.36 bits per heavy atom. The largest absolute Gasteiger partial charge is 1.00 e. The molecule has 142 valence electrons. The molecule has 0 heterocycles. The molecule has 0 aromatic heterocycles. The van der Waals surface area contributed by atoms with Crippen molar-refractivity contribution in [1.29, 1.82) is 0 Å². The Balaban J connectivity index is 0.00000576. The van der Waals surface area contributed by atoms with Crippen LogP contribution in [0.2, 0.25) is 0 Å². The first-order valence-electron chi connectivity index (χ1n) is 9.95. The van der Waals surface area contributed by atoms with Crippen molar-refractivity contribution in [1.82, 2.24) is 0 Å². The Kier molecular flexibility index (Phi) is 14.5. The van der Waals surface area contributed by atoms with Gasteiger partial charge in [-0.1, -0.05) is 76.4 Å². The van der Waals surface area contributed by atoms with Gasteiger partial charge in [-0.15, -0.1) is 6.58 Å². The van der Waals surface area contributed by atoms with Gasteiger partial charge < -0.3 is 17.0 Å². The molecule has 0 amide bonds. The molecule has 0 aliphatic heterocycles. The van der Waals surface area contributed by atoms with E-state index in [0.29, 0.717) is 0 Å². The predicted molar refractivity (Wildman–Crippen MR) is 115 cm³/mol. The van der Waals surface area contributed by atoms with Crippen LogP contribution in [0.1, 0.15) is 71.3 Å². The van der Waals surface area contributed by atoms with Crippen molar-refractivity contribution in [2.75, 3.05) is 18.5 Å². The van der Waals surface area contributed by atoms with Crippen LogP contribution < -0.4 is 17.0 Å². The van der Waals surface area contributed by atoms with E-state index in [4.69, 9.17) is 0 Å². The highest BCUT2D eigenvalue weighted by Gasteiger charge is 2.34. The van der Waals surface area contributed by atoms with Crippen molar-refractivity contribution in [3.63, 3.8) is 0 Å². The van der Waals surface area contributed by atoms with E-state index in [1.807, 2.05) is 0 Å². The standard InChI is InChI=1S/C23H38P.BrH/c1-5-9-18-24(19-10-6-2,20-11-7-3)21-23(15-8-4)22-16-13-12-14-17-22;/h8,12-14,16-17,21H,4-7,9-11,15,18-20H2,1-3H3;1H/q+1;/p-1. The van der Waals surface area contributed by atoms with E-state index in [-0.39, 0.29) is 17.0 Å². The zero-order chi connectivity index (χ0) is 17.7. The summed E-state index contributed by atoms with van der Waals surface area (Å²) in [6, 6.07) is 11.0. The van der Waals surface area contributed by atoms with Crippen LogP contribution in [0.25, 0.3) is 5.57 Å². The van der Waals surface area contributed by atoms with Crippen molar-refractivity contribution in [2.24, 2.45) is 0 Å². The zero-order valence-electron chi connectivity index (χ0n) is 16.6. The maximum atomic E-state index is 4.01. The van der Waals surface area contributed by atoms with E-state index in [0.717, 1.165) is 6.42 Å². The summed E-state index contributed by atoms with van der Waals surface area (Å²) in [4.78, 5) is 0. The van der Waals surface area contributed by atoms with Gasteiger partial charge in [-0.25, -0.2) is 0 Å². The molecule has 0 spiro atoms. The molecule has 0 atom stereocenters. The Bertz CT molecular complexity index is 456. The number of halogens is 1. The minimum Gasteiger partial charge on any atom is -1.00 e. The fraction of sp³-hybridized carbons (Fsp3) is 0.565. The van der Waals surface area contributed by atoms with Gasteiger partial charge in [0, 0.05) is 7.26 Å². The molecule has 0 saturated carbocycles. The molecule has 2 heteroatoms. The maximum Gasteiger partial charge on any atom is 0.0635 e. The minimum absolute atomic E-state index is 0. The number of rotatable bonds is 13. The first kappa shape index (κ1) is 24.6. The third-order valence-electron chi connectivity index (χ3n) is 4.81. The van der Waals surface area contributed by atoms with E-state index in [1.165, 1.54) is 68.1 Å². The van der Waals surface area contributed by atoms with E-state index in [9.17, 15) is 0 Å². The molecular weight excluding hydrogens is 387 g/mol. The van der Waals surface area contributed by atoms with E-state index < -0.39 is 7.26 Å². The van der Waals surface area contributed by atoms with Gasteiger partial charge in [-0.05, 0) is 36.8 Å². The molecule has 0 aliphatic rings. The van der Waals surface area contributed by atoms with Crippen LogP contribution in [0.5, 0.6) is 0 Å². The molecule has 0 fully saturated rings. The van der Waals surface area contributed by atoms with Gasteiger partial charge in [0.05, 0.1) is 24.3 Å². The van der Waals surface area contributed by atoms with Crippen LogP contribution >= 0.6 is 7.26 Å². The van der Waals surface area contributed by atoms with Crippen LogP contribution in [0.15, 0.2) is 48.8 Å². The Morgan fingerprint density at radius 3 is 1.76 bits per heavy atom. The highest BCUT2D eigenvalue weighted by atomic mass is 79.9. The maximum absolute atomic E-state index is 4.01. The van der Waals surface area contributed by atoms with Crippen LogP contribution in [0.4, 0.5) is 0 Å². The van der Waals surface area contributed by atoms with E-state index in [2.05, 4.69) is 69.6 Å². The Hall–Kier alpha value is -0.390. The molecule has 0 radical (unpaired) electrons. The average Bonchev–Trinajstić information content (AvgIpc) is 2.63. The molecular formula is C23H38BrP. The van der Waals surface area contributed by atoms with Gasteiger partial charge in [-0.3, -0.25) is 0 Å². The van der Waals surface area contributed by atoms with Gasteiger partial charge in [0.25, 0.3) is 0 Å². The van der Waals surface area contributed by atoms with Crippen molar-refractivity contribution in [2.45, 2.75) is 65.7 Å². The molecule has 25 heavy (non-hydrogen) atoms. The van der Waals surface area contributed by atoms with E-state index in [1.54, 1.807) is 0 Å². The van der Waals surface area contributed by atoms with Crippen LogP contribution in [0.3, 0.4) is 0 Å². The van der Waals surface area contributed by atoms with Crippen LogP contribution in [-0.2, 0) is 0 Å². The van der Waals surface area contributed by atoms with E-state index >= 15 is 0 Å². The lowest BCUT2D eigenvalue weighted by Gasteiger charge is -2.25. The summed E-state index contributed by atoms with van der Waals surface area (Å²) < 4.78 is 0. The highest BCUT2D eigenvalue weighted by molar-refractivity contribution is 7.79. The highest BCUT2D eigenvalue weighted by Crippen LogP contribution is 2.63. The first-order chi connectivity index (χ1) is 11.7. The lowest BCUT2D eigenvalue weighted by atomic mass is 10.1. The summed E-state index contributed by atoms with van der Waals surface area (Å²) in [6.07, 6.45) is 15.5. The second-order valence-electron chi connectivity index (χ2n) is 6.96. The fourth-order valence-corrected chi connectivity index (χ4v) is 8.14. The molecule has 1 rings (SSSR count). The molecule has 0 saturated heterocycles. The summed E-state index contributed by atoms with van der Waals surface area (Å²) in [6.45, 7) is 11.0. The molecule has 0 nitrogen and oxygen atoms in total. The number of benzene rings is 1. The number of hydrogen-bond acceptors (Lipinski definition) is 0. The monoisotopic (exact) mass is 424 g/mol. The summed E-state index contributed by atoms with van der Waals surface area (Å²) in [5.41, 5.74) is 2.91. The van der Waals surface area contributed by atoms with Gasteiger partial charge in [0.15, 0.2) is 0 Å². The molecule has 0 bridgehead atoms. The SMILES string of the molecule is C=CCC(=C[P+](CCCC)(CCCC)CCCC)c1ccccc1.[Br-]. The first-order valence-corrected chi connectivity index (χ1v) is 12.4. The second-order valence-corrected chi connectivity index (χ2v) is 11.0. The Morgan fingerprint density at radius 1 is 0.880 bits per heavy atom. The third-order valence-corrected chi connectivity index (χ3v) is 9.29. The van der Waals surface area contributed by atoms with Crippen LogP contribution in [-0.4, -0.2) is 18.5 Å². The van der Waals surface area contributed by atoms with Crippen molar-refractivity contribution in [3.8, 4) is 0 Å². The van der Waals surface area contributed by atoms with Crippen LogP contribution in [0, 0.1) is 0 Å². The topological polar surface area (TPSA) is 0 Å². The zero-order valence-corrected chi connectivity index (χ0v) is 19.1. The molecule has 0 aliphatic carbocycles. The molecule has 1 aromatic carbocycles. The lowest BCUT2D eigenvalue weighted by molar-refractivity contribution is -0.00000524. The van der Waals surface area contributed by atoms with Crippen molar-refractivity contribution < 1.29 is 17.0 Å².